The molecular weight excluding hydrogens is 364 g/mol. The Balaban J connectivity index is 1.36. The first-order chi connectivity index (χ1) is 12.9. The molecule has 3 rings (SSSR count). The van der Waals surface area contributed by atoms with Gasteiger partial charge in [-0.15, -0.1) is 0 Å². The first kappa shape index (κ1) is 20.1. The maximum absolute atomic E-state index is 12.4. The second-order valence-corrected chi connectivity index (χ2v) is 9.86. The molecule has 1 unspecified atom stereocenters. The highest BCUT2D eigenvalue weighted by atomic mass is 32.2. The van der Waals surface area contributed by atoms with Crippen LogP contribution in [0.2, 0.25) is 0 Å². The number of amides is 1. The standard InChI is InChI=1S/C20H30N2O4S/c1-26-19-4-2-3-17(15-19)7-9-21-10-12-22(13-11-21)20(23)6-5-18-8-14-27(24,25)16-18/h2-4,15,18H,5-14,16H2,1H3. The Bertz CT molecular complexity index is 742. The Kier molecular flexibility index (Phi) is 6.76. The quantitative estimate of drug-likeness (QED) is 0.703. The topological polar surface area (TPSA) is 66.9 Å². The molecular formula is C20H30N2O4S. The third-order valence-corrected chi connectivity index (χ3v) is 7.51. The van der Waals surface area contributed by atoms with Gasteiger partial charge in [0.1, 0.15) is 5.75 Å². The van der Waals surface area contributed by atoms with Gasteiger partial charge in [-0.25, -0.2) is 8.42 Å². The molecule has 0 aromatic heterocycles. The maximum atomic E-state index is 12.4. The van der Waals surface area contributed by atoms with Crippen molar-refractivity contribution in [3.63, 3.8) is 0 Å². The lowest BCUT2D eigenvalue weighted by atomic mass is 10.0. The first-order valence-electron chi connectivity index (χ1n) is 9.79. The van der Waals surface area contributed by atoms with Crippen molar-refractivity contribution in [1.82, 2.24) is 9.80 Å². The lowest BCUT2D eigenvalue weighted by Gasteiger charge is -2.35. The Labute approximate surface area is 162 Å². The number of ether oxygens (including phenoxy) is 1. The fourth-order valence-electron chi connectivity index (χ4n) is 3.92. The summed E-state index contributed by atoms with van der Waals surface area (Å²) >= 11 is 0. The highest BCUT2D eigenvalue weighted by Gasteiger charge is 2.29. The van der Waals surface area contributed by atoms with Gasteiger partial charge in [0.25, 0.3) is 0 Å². The number of nitrogens with zero attached hydrogens (tertiary/aromatic N) is 2. The van der Waals surface area contributed by atoms with Crippen LogP contribution < -0.4 is 4.74 Å². The van der Waals surface area contributed by atoms with Gasteiger partial charge < -0.3 is 9.64 Å². The van der Waals surface area contributed by atoms with E-state index in [2.05, 4.69) is 17.0 Å². The number of hydrogen-bond acceptors (Lipinski definition) is 5. The number of benzene rings is 1. The minimum absolute atomic E-state index is 0.170. The molecule has 150 valence electrons. The highest BCUT2D eigenvalue weighted by Crippen LogP contribution is 2.23. The average Bonchev–Trinajstić information content (AvgIpc) is 3.04. The van der Waals surface area contributed by atoms with Gasteiger partial charge in [0.15, 0.2) is 9.84 Å². The van der Waals surface area contributed by atoms with Crippen molar-refractivity contribution in [2.24, 2.45) is 5.92 Å². The number of carbonyl (C=O) groups excluding carboxylic acids is 1. The molecule has 0 radical (unpaired) electrons. The van der Waals surface area contributed by atoms with Crippen LogP contribution in [-0.4, -0.2) is 75.5 Å². The summed E-state index contributed by atoms with van der Waals surface area (Å²) in [6.45, 7) is 4.30. The number of carbonyl (C=O) groups is 1. The fourth-order valence-corrected chi connectivity index (χ4v) is 5.83. The third-order valence-electron chi connectivity index (χ3n) is 5.67. The summed E-state index contributed by atoms with van der Waals surface area (Å²) in [5.41, 5.74) is 1.26. The molecule has 1 atom stereocenters. The van der Waals surface area contributed by atoms with Gasteiger partial charge in [-0.1, -0.05) is 12.1 Å². The molecule has 7 heteroatoms. The molecule has 2 saturated heterocycles. The van der Waals surface area contributed by atoms with E-state index < -0.39 is 9.84 Å². The second kappa shape index (κ2) is 9.06. The third kappa shape index (κ3) is 5.94. The molecule has 2 aliphatic rings. The zero-order chi connectivity index (χ0) is 19.3. The van der Waals surface area contributed by atoms with E-state index in [9.17, 15) is 13.2 Å². The normalized spacial score (nSPS) is 22.7. The van der Waals surface area contributed by atoms with Crippen molar-refractivity contribution in [3.8, 4) is 5.75 Å². The summed E-state index contributed by atoms with van der Waals surface area (Å²) < 4.78 is 28.3. The number of hydrogen-bond donors (Lipinski definition) is 0. The highest BCUT2D eigenvalue weighted by molar-refractivity contribution is 7.91. The van der Waals surface area contributed by atoms with Crippen molar-refractivity contribution >= 4 is 15.7 Å². The van der Waals surface area contributed by atoms with Gasteiger partial charge in [-0.05, 0) is 42.9 Å². The summed E-state index contributed by atoms with van der Waals surface area (Å²) in [4.78, 5) is 16.7. The molecule has 2 fully saturated rings. The van der Waals surface area contributed by atoms with Crippen LogP contribution in [0.1, 0.15) is 24.8 Å². The number of piperazine rings is 1. The van der Waals surface area contributed by atoms with Crippen LogP contribution >= 0.6 is 0 Å². The second-order valence-electron chi connectivity index (χ2n) is 7.63. The largest absolute Gasteiger partial charge is 0.497 e. The maximum Gasteiger partial charge on any atom is 0.222 e. The average molecular weight is 395 g/mol. The van der Waals surface area contributed by atoms with Crippen molar-refractivity contribution in [2.45, 2.75) is 25.7 Å². The Hall–Kier alpha value is -1.60. The van der Waals surface area contributed by atoms with Gasteiger partial charge in [-0.2, -0.15) is 0 Å². The van der Waals surface area contributed by atoms with E-state index in [0.717, 1.165) is 44.9 Å². The Morgan fingerprint density at radius 2 is 2.00 bits per heavy atom. The van der Waals surface area contributed by atoms with E-state index in [1.165, 1.54) is 5.56 Å². The van der Waals surface area contributed by atoms with Crippen LogP contribution in [0.5, 0.6) is 5.75 Å². The van der Waals surface area contributed by atoms with E-state index in [1.54, 1.807) is 7.11 Å². The van der Waals surface area contributed by atoms with Gasteiger partial charge >= 0.3 is 0 Å². The number of methoxy groups -OCH3 is 1. The number of sulfone groups is 1. The zero-order valence-corrected chi connectivity index (χ0v) is 16.9. The Morgan fingerprint density at radius 1 is 1.22 bits per heavy atom. The smallest absolute Gasteiger partial charge is 0.222 e. The van der Waals surface area contributed by atoms with Crippen LogP contribution in [0, 0.1) is 5.92 Å². The van der Waals surface area contributed by atoms with E-state index in [1.807, 2.05) is 17.0 Å². The molecule has 0 bridgehead atoms. The van der Waals surface area contributed by atoms with Gasteiger partial charge in [-0.3, -0.25) is 9.69 Å². The summed E-state index contributed by atoms with van der Waals surface area (Å²) in [5, 5.41) is 0. The van der Waals surface area contributed by atoms with E-state index >= 15 is 0 Å². The van der Waals surface area contributed by atoms with Crippen LogP contribution in [0.25, 0.3) is 0 Å². The minimum Gasteiger partial charge on any atom is -0.497 e. The predicted molar refractivity (Wildman–Crippen MR) is 106 cm³/mol. The molecule has 27 heavy (non-hydrogen) atoms. The lowest BCUT2D eigenvalue weighted by Crippen LogP contribution is -2.49. The molecule has 2 heterocycles. The summed E-state index contributed by atoms with van der Waals surface area (Å²) in [7, 11) is -1.17. The van der Waals surface area contributed by atoms with Gasteiger partial charge in [0.2, 0.25) is 5.91 Å². The monoisotopic (exact) mass is 394 g/mol. The van der Waals surface area contributed by atoms with E-state index in [4.69, 9.17) is 4.74 Å². The van der Waals surface area contributed by atoms with Crippen LogP contribution in [0.3, 0.4) is 0 Å². The van der Waals surface area contributed by atoms with Crippen molar-refractivity contribution in [1.29, 1.82) is 0 Å². The van der Waals surface area contributed by atoms with Crippen LogP contribution in [0.15, 0.2) is 24.3 Å². The minimum atomic E-state index is -2.85. The van der Waals surface area contributed by atoms with Gasteiger partial charge in [0, 0.05) is 39.1 Å². The van der Waals surface area contributed by atoms with Crippen LogP contribution in [0.4, 0.5) is 0 Å². The molecule has 2 aliphatic heterocycles. The molecule has 0 N–H and O–H groups in total. The SMILES string of the molecule is COc1cccc(CCN2CCN(C(=O)CCC3CCS(=O)(=O)C3)CC2)c1. The summed E-state index contributed by atoms with van der Waals surface area (Å²) in [5.74, 6) is 1.78. The molecule has 1 aromatic rings. The fraction of sp³-hybridized carbons (Fsp3) is 0.650. The van der Waals surface area contributed by atoms with E-state index in [-0.39, 0.29) is 23.3 Å². The molecule has 1 amide bonds. The van der Waals surface area contributed by atoms with Gasteiger partial charge in [0.05, 0.1) is 18.6 Å². The molecule has 1 aromatic carbocycles. The van der Waals surface area contributed by atoms with E-state index in [0.29, 0.717) is 19.3 Å². The van der Waals surface area contributed by atoms with Crippen molar-refractivity contribution in [3.05, 3.63) is 29.8 Å². The predicted octanol–water partition coefficient (Wildman–Crippen LogP) is 1.60. The summed E-state index contributed by atoms with van der Waals surface area (Å²) in [6.07, 6.45) is 2.87. The lowest BCUT2D eigenvalue weighted by molar-refractivity contribution is -0.133. The zero-order valence-electron chi connectivity index (χ0n) is 16.1. The molecule has 0 saturated carbocycles. The van der Waals surface area contributed by atoms with Crippen LogP contribution in [-0.2, 0) is 21.1 Å². The van der Waals surface area contributed by atoms with Crippen molar-refractivity contribution < 1.29 is 17.9 Å². The van der Waals surface area contributed by atoms with Crippen molar-refractivity contribution in [2.75, 3.05) is 51.3 Å². The first-order valence-corrected chi connectivity index (χ1v) is 11.6. The molecule has 0 aliphatic carbocycles. The molecule has 6 nitrogen and oxygen atoms in total. The molecule has 0 spiro atoms. The Morgan fingerprint density at radius 3 is 2.67 bits per heavy atom. The summed E-state index contributed by atoms with van der Waals surface area (Å²) in [6, 6.07) is 8.16. The number of rotatable bonds is 7.